The monoisotopic (exact) mass is 329 g/mol. The molecule has 1 aromatic heterocycles. The van der Waals surface area contributed by atoms with E-state index < -0.39 is 0 Å². The van der Waals surface area contributed by atoms with Crippen LogP contribution in [-0.2, 0) is 0 Å². The van der Waals surface area contributed by atoms with E-state index in [1.54, 1.807) is 0 Å². The first kappa shape index (κ1) is 13.2. The molecule has 0 amide bonds. The number of nitrogens with zero attached hydrogens (tertiary/aromatic N) is 1. The minimum atomic E-state index is 0.244. The van der Waals surface area contributed by atoms with Gasteiger partial charge in [0.1, 0.15) is 5.82 Å². The van der Waals surface area contributed by atoms with Gasteiger partial charge in [-0.15, -0.1) is 0 Å². The minimum absolute atomic E-state index is 0.244. The highest BCUT2D eigenvalue weighted by atomic mass is 79.9. The Bertz CT molecular complexity index is 748. The number of aryl methyl sites for hydroxylation is 1. The van der Waals surface area contributed by atoms with Gasteiger partial charge >= 0.3 is 0 Å². The van der Waals surface area contributed by atoms with Gasteiger partial charge in [0.2, 0.25) is 0 Å². The lowest BCUT2D eigenvalue weighted by atomic mass is 10.1. The molecule has 2 N–H and O–H groups in total. The number of aromatic nitrogens is 2. The Morgan fingerprint density at radius 2 is 2.05 bits per heavy atom. The maximum Gasteiger partial charge on any atom is 0.104 e. The standard InChI is InChI=1S/C16H16BrN3/c1-10(12-4-3-5-13(17)8-12)18-14-6-7-15-16(9-14)20-11(2)19-15/h3-10,18H,1-2H3,(H,19,20). The highest BCUT2D eigenvalue weighted by Crippen LogP contribution is 2.24. The van der Waals surface area contributed by atoms with Crippen molar-refractivity contribution in [2.75, 3.05) is 5.32 Å². The fourth-order valence-corrected chi connectivity index (χ4v) is 2.75. The van der Waals surface area contributed by atoms with Crippen LogP contribution in [0.3, 0.4) is 0 Å². The average molecular weight is 330 g/mol. The van der Waals surface area contributed by atoms with Crippen LogP contribution in [0.4, 0.5) is 5.69 Å². The number of rotatable bonds is 3. The third kappa shape index (κ3) is 2.70. The number of hydrogen-bond donors (Lipinski definition) is 2. The van der Waals surface area contributed by atoms with E-state index in [1.807, 2.05) is 19.1 Å². The maximum absolute atomic E-state index is 4.41. The van der Waals surface area contributed by atoms with Crippen LogP contribution in [0.15, 0.2) is 46.9 Å². The molecule has 3 aromatic rings. The van der Waals surface area contributed by atoms with Gasteiger partial charge in [-0.25, -0.2) is 4.98 Å². The summed E-state index contributed by atoms with van der Waals surface area (Å²) in [7, 11) is 0. The molecule has 0 fully saturated rings. The first-order chi connectivity index (χ1) is 9.61. The van der Waals surface area contributed by atoms with Crippen molar-refractivity contribution in [2.45, 2.75) is 19.9 Å². The Hall–Kier alpha value is -1.81. The van der Waals surface area contributed by atoms with Crippen LogP contribution < -0.4 is 5.32 Å². The molecular weight excluding hydrogens is 314 g/mol. The molecule has 0 aliphatic heterocycles. The molecule has 0 saturated heterocycles. The Morgan fingerprint density at radius 3 is 2.85 bits per heavy atom. The number of fused-ring (bicyclic) bond motifs is 1. The second-order valence-electron chi connectivity index (χ2n) is 4.98. The Balaban J connectivity index is 1.85. The normalized spacial score (nSPS) is 12.6. The fraction of sp³-hybridized carbons (Fsp3) is 0.188. The highest BCUT2D eigenvalue weighted by Gasteiger charge is 2.07. The largest absolute Gasteiger partial charge is 0.378 e. The summed E-state index contributed by atoms with van der Waals surface area (Å²) < 4.78 is 1.10. The maximum atomic E-state index is 4.41. The molecular formula is C16H16BrN3. The zero-order valence-electron chi connectivity index (χ0n) is 11.4. The van der Waals surface area contributed by atoms with Crippen LogP contribution in [0.2, 0.25) is 0 Å². The highest BCUT2D eigenvalue weighted by molar-refractivity contribution is 9.10. The van der Waals surface area contributed by atoms with E-state index in [-0.39, 0.29) is 6.04 Å². The number of benzene rings is 2. The molecule has 0 spiro atoms. The van der Waals surface area contributed by atoms with Gasteiger partial charge in [0.25, 0.3) is 0 Å². The molecule has 2 aromatic carbocycles. The second kappa shape index (κ2) is 5.29. The average Bonchev–Trinajstić information content (AvgIpc) is 2.78. The lowest BCUT2D eigenvalue weighted by molar-refractivity contribution is 0.884. The van der Waals surface area contributed by atoms with E-state index in [0.717, 1.165) is 27.0 Å². The van der Waals surface area contributed by atoms with Crippen LogP contribution in [0.1, 0.15) is 24.4 Å². The summed E-state index contributed by atoms with van der Waals surface area (Å²) in [6.07, 6.45) is 0. The topological polar surface area (TPSA) is 40.7 Å². The van der Waals surface area contributed by atoms with Crippen LogP contribution in [0.25, 0.3) is 11.0 Å². The molecule has 3 nitrogen and oxygen atoms in total. The predicted octanol–water partition coefficient (Wildman–Crippen LogP) is 4.81. The summed E-state index contributed by atoms with van der Waals surface area (Å²) in [5.74, 6) is 0.942. The van der Waals surface area contributed by atoms with Gasteiger partial charge in [-0.05, 0) is 49.7 Å². The van der Waals surface area contributed by atoms with Gasteiger partial charge < -0.3 is 10.3 Å². The number of imidazole rings is 1. The Morgan fingerprint density at radius 1 is 1.20 bits per heavy atom. The Kier molecular flexibility index (Phi) is 3.49. The molecule has 0 saturated carbocycles. The second-order valence-corrected chi connectivity index (χ2v) is 5.89. The molecule has 1 unspecified atom stereocenters. The van der Waals surface area contributed by atoms with E-state index in [0.29, 0.717) is 0 Å². The summed E-state index contributed by atoms with van der Waals surface area (Å²) in [5.41, 5.74) is 4.41. The number of halogens is 1. The molecule has 102 valence electrons. The number of H-pyrrole nitrogens is 1. The van der Waals surface area contributed by atoms with Crippen molar-refractivity contribution in [3.63, 3.8) is 0 Å². The van der Waals surface area contributed by atoms with Crippen LogP contribution in [0.5, 0.6) is 0 Å². The van der Waals surface area contributed by atoms with E-state index >= 15 is 0 Å². The minimum Gasteiger partial charge on any atom is -0.378 e. The van der Waals surface area contributed by atoms with Crippen molar-refractivity contribution in [3.8, 4) is 0 Å². The first-order valence-corrected chi connectivity index (χ1v) is 7.39. The molecule has 0 aliphatic carbocycles. The zero-order chi connectivity index (χ0) is 14.1. The molecule has 20 heavy (non-hydrogen) atoms. The third-order valence-electron chi connectivity index (χ3n) is 3.33. The number of anilines is 1. The van der Waals surface area contributed by atoms with E-state index in [9.17, 15) is 0 Å². The van der Waals surface area contributed by atoms with E-state index in [2.05, 4.69) is 68.5 Å². The van der Waals surface area contributed by atoms with E-state index in [1.165, 1.54) is 5.56 Å². The third-order valence-corrected chi connectivity index (χ3v) is 3.83. The smallest absolute Gasteiger partial charge is 0.104 e. The molecule has 0 bridgehead atoms. The molecule has 0 aliphatic rings. The number of aromatic amines is 1. The summed E-state index contributed by atoms with van der Waals surface area (Å²) >= 11 is 3.51. The number of hydrogen-bond acceptors (Lipinski definition) is 2. The van der Waals surface area contributed by atoms with Gasteiger partial charge in [0.05, 0.1) is 11.0 Å². The van der Waals surface area contributed by atoms with Crippen molar-refractivity contribution in [3.05, 3.63) is 58.3 Å². The van der Waals surface area contributed by atoms with Crippen LogP contribution in [0, 0.1) is 6.92 Å². The zero-order valence-corrected chi connectivity index (χ0v) is 13.0. The van der Waals surface area contributed by atoms with Crippen molar-refractivity contribution in [1.29, 1.82) is 0 Å². The molecule has 4 heteroatoms. The molecule has 3 rings (SSSR count). The number of nitrogens with one attached hydrogen (secondary N) is 2. The van der Waals surface area contributed by atoms with E-state index in [4.69, 9.17) is 0 Å². The lowest BCUT2D eigenvalue weighted by Crippen LogP contribution is -2.06. The first-order valence-electron chi connectivity index (χ1n) is 6.60. The van der Waals surface area contributed by atoms with Crippen molar-refractivity contribution < 1.29 is 0 Å². The molecule has 0 radical (unpaired) electrons. The van der Waals surface area contributed by atoms with Crippen molar-refractivity contribution in [2.24, 2.45) is 0 Å². The predicted molar refractivity (Wildman–Crippen MR) is 87.0 cm³/mol. The summed E-state index contributed by atoms with van der Waals surface area (Å²) in [4.78, 5) is 7.68. The van der Waals surface area contributed by atoms with Crippen LogP contribution in [-0.4, -0.2) is 9.97 Å². The van der Waals surface area contributed by atoms with Crippen molar-refractivity contribution >= 4 is 32.7 Å². The van der Waals surface area contributed by atoms with Crippen molar-refractivity contribution in [1.82, 2.24) is 9.97 Å². The van der Waals surface area contributed by atoms with Gasteiger partial charge in [-0.3, -0.25) is 0 Å². The lowest BCUT2D eigenvalue weighted by Gasteiger charge is -2.16. The summed E-state index contributed by atoms with van der Waals surface area (Å²) in [5, 5.41) is 3.52. The van der Waals surface area contributed by atoms with Gasteiger partial charge in [-0.1, -0.05) is 28.1 Å². The Labute approximate surface area is 126 Å². The molecule has 1 heterocycles. The van der Waals surface area contributed by atoms with Gasteiger partial charge in [0, 0.05) is 16.2 Å². The summed E-state index contributed by atoms with van der Waals surface area (Å²) in [6, 6.07) is 14.8. The van der Waals surface area contributed by atoms with Crippen LogP contribution >= 0.6 is 15.9 Å². The fourth-order valence-electron chi connectivity index (χ4n) is 2.34. The van der Waals surface area contributed by atoms with Gasteiger partial charge in [0.15, 0.2) is 0 Å². The SMILES string of the molecule is Cc1nc2ccc(NC(C)c3cccc(Br)c3)cc2[nH]1. The van der Waals surface area contributed by atoms with Gasteiger partial charge in [-0.2, -0.15) is 0 Å². The quantitative estimate of drug-likeness (QED) is 0.724. The summed E-state index contributed by atoms with van der Waals surface area (Å²) in [6.45, 7) is 4.13. The molecule has 1 atom stereocenters.